The van der Waals surface area contributed by atoms with Gasteiger partial charge < -0.3 is 10.2 Å². The SMILES string of the molecule is CCC(C)(O)C(O)c1ccccc1C(F)(F)F. The highest BCUT2D eigenvalue weighted by Gasteiger charge is 2.39. The van der Waals surface area contributed by atoms with Gasteiger partial charge >= 0.3 is 6.18 Å². The third-order valence-electron chi connectivity index (χ3n) is 2.87. The largest absolute Gasteiger partial charge is 0.416 e. The fourth-order valence-corrected chi connectivity index (χ4v) is 1.52. The van der Waals surface area contributed by atoms with E-state index in [1.807, 2.05) is 0 Å². The zero-order valence-electron chi connectivity index (χ0n) is 9.62. The van der Waals surface area contributed by atoms with Crippen LogP contribution in [-0.2, 0) is 6.18 Å². The molecule has 0 bridgehead atoms. The zero-order valence-corrected chi connectivity index (χ0v) is 9.62. The van der Waals surface area contributed by atoms with E-state index in [0.717, 1.165) is 6.07 Å². The maximum atomic E-state index is 12.7. The molecule has 0 spiro atoms. The first kappa shape index (κ1) is 14.0. The highest BCUT2D eigenvalue weighted by atomic mass is 19.4. The van der Waals surface area contributed by atoms with Crippen LogP contribution >= 0.6 is 0 Å². The second kappa shape index (κ2) is 4.66. The minimum absolute atomic E-state index is 0.153. The fourth-order valence-electron chi connectivity index (χ4n) is 1.52. The predicted molar refractivity (Wildman–Crippen MR) is 57.3 cm³/mol. The second-order valence-electron chi connectivity index (χ2n) is 4.20. The minimum Gasteiger partial charge on any atom is -0.387 e. The Morgan fingerprint density at radius 3 is 2.24 bits per heavy atom. The van der Waals surface area contributed by atoms with Crippen LogP contribution in [0.3, 0.4) is 0 Å². The zero-order chi connectivity index (χ0) is 13.3. The van der Waals surface area contributed by atoms with Crippen LogP contribution in [0.4, 0.5) is 13.2 Å². The van der Waals surface area contributed by atoms with Crippen molar-refractivity contribution in [1.82, 2.24) is 0 Å². The van der Waals surface area contributed by atoms with E-state index in [-0.39, 0.29) is 12.0 Å². The van der Waals surface area contributed by atoms with Crippen LogP contribution in [0.2, 0.25) is 0 Å². The molecule has 2 N–H and O–H groups in total. The van der Waals surface area contributed by atoms with Crippen molar-refractivity contribution in [3.05, 3.63) is 35.4 Å². The van der Waals surface area contributed by atoms with Crippen LogP contribution in [0.25, 0.3) is 0 Å². The molecule has 0 fully saturated rings. The quantitative estimate of drug-likeness (QED) is 0.863. The van der Waals surface area contributed by atoms with E-state index < -0.39 is 23.4 Å². The summed E-state index contributed by atoms with van der Waals surface area (Å²) >= 11 is 0. The van der Waals surface area contributed by atoms with Crippen LogP contribution in [0.5, 0.6) is 0 Å². The molecule has 0 aliphatic rings. The Kier molecular flexibility index (Phi) is 3.84. The number of halogens is 3. The number of alkyl halides is 3. The van der Waals surface area contributed by atoms with E-state index in [2.05, 4.69) is 0 Å². The van der Waals surface area contributed by atoms with Crippen molar-refractivity contribution in [3.63, 3.8) is 0 Å². The summed E-state index contributed by atoms with van der Waals surface area (Å²) in [6.07, 6.45) is -5.95. The molecule has 0 radical (unpaired) electrons. The molecule has 0 heterocycles. The fraction of sp³-hybridized carbons (Fsp3) is 0.500. The van der Waals surface area contributed by atoms with Gasteiger partial charge in [-0.15, -0.1) is 0 Å². The van der Waals surface area contributed by atoms with Crippen molar-refractivity contribution in [2.45, 2.75) is 38.1 Å². The Hall–Kier alpha value is -1.07. The van der Waals surface area contributed by atoms with Crippen molar-refractivity contribution in [2.75, 3.05) is 0 Å². The maximum absolute atomic E-state index is 12.7. The topological polar surface area (TPSA) is 40.5 Å². The summed E-state index contributed by atoms with van der Waals surface area (Å²) in [5.74, 6) is 0. The average Bonchev–Trinajstić information content (AvgIpc) is 2.27. The molecule has 0 aliphatic heterocycles. The van der Waals surface area contributed by atoms with Gasteiger partial charge in [0.2, 0.25) is 0 Å². The third-order valence-corrected chi connectivity index (χ3v) is 2.87. The van der Waals surface area contributed by atoms with E-state index in [0.29, 0.717) is 0 Å². The Balaban J connectivity index is 3.23. The van der Waals surface area contributed by atoms with E-state index in [1.54, 1.807) is 6.92 Å². The van der Waals surface area contributed by atoms with Gasteiger partial charge in [0.25, 0.3) is 0 Å². The molecule has 1 rings (SSSR count). The lowest BCUT2D eigenvalue weighted by molar-refractivity contribution is -0.141. The number of rotatable bonds is 3. The molecule has 0 aliphatic carbocycles. The molecule has 0 saturated carbocycles. The third kappa shape index (κ3) is 2.98. The number of hydrogen-bond donors (Lipinski definition) is 2. The Morgan fingerprint density at radius 2 is 1.76 bits per heavy atom. The summed E-state index contributed by atoms with van der Waals surface area (Å²) in [6, 6.07) is 4.72. The molecular weight excluding hydrogens is 233 g/mol. The number of aliphatic hydroxyl groups excluding tert-OH is 1. The van der Waals surface area contributed by atoms with Crippen molar-refractivity contribution >= 4 is 0 Å². The molecule has 96 valence electrons. The molecule has 2 atom stereocenters. The Labute approximate surface area is 97.7 Å². The van der Waals surface area contributed by atoms with Crippen LogP contribution in [0.15, 0.2) is 24.3 Å². The molecule has 0 amide bonds. The molecule has 2 unspecified atom stereocenters. The van der Waals surface area contributed by atoms with E-state index in [1.165, 1.54) is 25.1 Å². The summed E-state index contributed by atoms with van der Waals surface area (Å²) in [4.78, 5) is 0. The van der Waals surface area contributed by atoms with Gasteiger partial charge in [-0.2, -0.15) is 13.2 Å². The minimum atomic E-state index is -4.54. The van der Waals surface area contributed by atoms with Crippen LogP contribution < -0.4 is 0 Å². The first-order valence-corrected chi connectivity index (χ1v) is 5.26. The van der Waals surface area contributed by atoms with Gasteiger partial charge in [-0.3, -0.25) is 0 Å². The van der Waals surface area contributed by atoms with Gasteiger partial charge in [-0.05, 0) is 25.0 Å². The molecule has 5 heteroatoms. The molecule has 0 saturated heterocycles. The highest BCUT2D eigenvalue weighted by molar-refractivity contribution is 5.32. The average molecular weight is 248 g/mol. The van der Waals surface area contributed by atoms with Crippen LogP contribution in [0, 0.1) is 0 Å². The van der Waals surface area contributed by atoms with E-state index in [9.17, 15) is 23.4 Å². The second-order valence-corrected chi connectivity index (χ2v) is 4.20. The lowest BCUT2D eigenvalue weighted by Crippen LogP contribution is -2.33. The standard InChI is InChI=1S/C12H15F3O2/c1-3-11(2,17)10(16)8-6-4-5-7-9(8)12(13,14)15/h4-7,10,16-17H,3H2,1-2H3. The van der Waals surface area contributed by atoms with Crippen LogP contribution in [0.1, 0.15) is 37.5 Å². The number of aliphatic hydroxyl groups is 2. The van der Waals surface area contributed by atoms with E-state index >= 15 is 0 Å². The Morgan fingerprint density at radius 1 is 1.24 bits per heavy atom. The summed E-state index contributed by atoms with van der Waals surface area (Å²) in [7, 11) is 0. The van der Waals surface area contributed by atoms with Gasteiger partial charge in [-0.1, -0.05) is 25.1 Å². The number of benzene rings is 1. The summed E-state index contributed by atoms with van der Waals surface area (Å²) < 4.78 is 38.1. The predicted octanol–water partition coefficient (Wildman–Crippen LogP) is 2.90. The van der Waals surface area contributed by atoms with Gasteiger partial charge in [0.15, 0.2) is 0 Å². The van der Waals surface area contributed by atoms with Crippen molar-refractivity contribution in [2.24, 2.45) is 0 Å². The first-order chi connectivity index (χ1) is 7.70. The summed E-state index contributed by atoms with van der Waals surface area (Å²) in [6.45, 7) is 2.91. The lowest BCUT2D eigenvalue weighted by Gasteiger charge is -2.29. The molecule has 1 aromatic carbocycles. The van der Waals surface area contributed by atoms with E-state index in [4.69, 9.17) is 0 Å². The molecule has 0 aromatic heterocycles. The van der Waals surface area contributed by atoms with Crippen molar-refractivity contribution in [1.29, 1.82) is 0 Å². The van der Waals surface area contributed by atoms with Gasteiger partial charge in [0.05, 0.1) is 11.2 Å². The van der Waals surface area contributed by atoms with Gasteiger partial charge in [0.1, 0.15) is 6.10 Å². The van der Waals surface area contributed by atoms with Crippen molar-refractivity contribution in [3.8, 4) is 0 Å². The van der Waals surface area contributed by atoms with Gasteiger partial charge in [-0.25, -0.2) is 0 Å². The smallest absolute Gasteiger partial charge is 0.387 e. The molecule has 1 aromatic rings. The Bertz CT molecular complexity index is 386. The number of hydrogen-bond acceptors (Lipinski definition) is 2. The summed E-state index contributed by atoms with van der Waals surface area (Å²) in [5.41, 5.74) is -2.80. The molecular formula is C12H15F3O2. The summed E-state index contributed by atoms with van der Waals surface area (Å²) in [5, 5.41) is 19.7. The first-order valence-electron chi connectivity index (χ1n) is 5.26. The van der Waals surface area contributed by atoms with Gasteiger partial charge in [0, 0.05) is 0 Å². The molecule has 2 nitrogen and oxygen atoms in total. The maximum Gasteiger partial charge on any atom is 0.416 e. The highest BCUT2D eigenvalue weighted by Crippen LogP contribution is 2.38. The van der Waals surface area contributed by atoms with Crippen LogP contribution in [-0.4, -0.2) is 15.8 Å². The monoisotopic (exact) mass is 248 g/mol. The lowest BCUT2D eigenvalue weighted by atomic mass is 9.88. The van der Waals surface area contributed by atoms with Crippen molar-refractivity contribution < 1.29 is 23.4 Å². The molecule has 17 heavy (non-hydrogen) atoms. The normalized spacial score (nSPS) is 17.6.